The lowest BCUT2D eigenvalue weighted by molar-refractivity contribution is -0.123. The number of rotatable bonds is 6. The van der Waals surface area contributed by atoms with E-state index in [1.807, 2.05) is 6.08 Å². The van der Waals surface area contributed by atoms with Crippen LogP contribution in [0.25, 0.3) is 6.08 Å². The zero-order valence-corrected chi connectivity index (χ0v) is 24.3. The smallest absolute Gasteiger partial charge is 0.488 e. The van der Waals surface area contributed by atoms with Crippen LogP contribution in [0, 0.1) is 23.7 Å². The number of allylic oxidation sites excluding steroid dienone is 7. The van der Waals surface area contributed by atoms with Crippen LogP contribution >= 0.6 is 0 Å². The fraction of sp³-hybridized carbons (Fsp3) is 0.273. The van der Waals surface area contributed by atoms with Crippen LogP contribution in [0.3, 0.4) is 0 Å². The molecule has 2 aromatic carbocycles. The van der Waals surface area contributed by atoms with E-state index in [1.54, 1.807) is 43.3 Å². The van der Waals surface area contributed by atoms with Crippen LogP contribution in [0.4, 0.5) is 5.69 Å². The quantitative estimate of drug-likeness (QED) is 0.198. The standard InChI is InChI=1S/C33H30BNO9/c1-16-11-25(36)24-15-23-20(21(28(24)30(16)37)8-7-17-12-26(43-2)31(38)27(13-17)44-3)9-10-22-29(23)33(40)35(32(22)39)19-6-4-5-18(14-19)34(41)42/h4-9,11-14,21-23,29,38,41-42H,10,15H2,1-3H3. The average molecular weight is 595 g/mol. The minimum Gasteiger partial charge on any atom is -0.502 e. The Bertz CT molecular complexity index is 1730. The predicted molar refractivity (Wildman–Crippen MR) is 161 cm³/mol. The molecule has 1 aliphatic heterocycles. The molecule has 4 aliphatic rings. The number of ether oxygens (including phenoxy) is 2. The summed E-state index contributed by atoms with van der Waals surface area (Å²) in [5.41, 5.74) is 2.82. The summed E-state index contributed by atoms with van der Waals surface area (Å²) >= 11 is 0. The first-order valence-corrected chi connectivity index (χ1v) is 14.2. The molecule has 4 atom stereocenters. The van der Waals surface area contributed by atoms with Gasteiger partial charge < -0.3 is 24.6 Å². The van der Waals surface area contributed by atoms with E-state index in [9.17, 15) is 34.3 Å². The van der Waals surface area contributed by atoms with Crippen LogP contribution in [-0.2, 0) is 19.2 Å². The molecule has 0 radical (unpaired) electrons. The molecular weight excluding hydrogens is 565 g/mol. The van der Waals surface area contributed by atoms with Crippen molar-refractivity contribution in [2.75, 3.05) is 19.1 Å². The lowest BCUT2D eigenvalue weighted by Crippen LogP contribution is -2.40. The highest BCUT2D eigenvalue weighted by molar-refractivity contribution is 6.58. The van der Waals surface area contributed by atoms with Crippen molar-refractivity contribution in [3.05, 3.63) is 82.5 Å². The molecule has 224 valence electrons. The fourth-order valence-corrected chi connectivity index (χ4v) is 6.93. The summed E-state index contributed by atoms with van der Waals surface area (Å²) in [5.74, 6) is -3.70. The number of phenolic OH excluding ortho intramolecular Hbond substituents is 1. The van der Waals surface area contributed by atoms with E-state index in [0.717, 1.165) is 10.5 Å². The molecule has 4 unspecified atom stereocenters. The van der Waals surface area contributed by atoms with Gasteiger partial charge in [-0.2, -0.15) is 0 Å². The van der Waals surface area contributed by atoms with Crippen LogP contribution < -0.4 is 19.8 Å². The molecular formula is C33H30BNO9. The topological polar surface area (TPSA) is 151 Å². The highest BCUT2D eigenvalue weighted by Gasteiger charge is 2.56. The second kappa shape index (κ2) is 11.1. The van der Waals surface area contributed by atoms with Gasteiger partial charge in [0.25, 0.3) is 0 Å². The Kier molecular flexibility index (Phi) is 7.39. The molecule has 1 fully saturated rings. The molecule has 1 heterocycles. The van der Waals surface area contributed by atoms with Crippen LogP contribution in [0.5, 0.6) is 17.2 Å². The van der Waals surface area contributed by atoms with Gasteiger partial charge in [0.2, 0.25) is 17.6 Å². The van der Waals surface area contributed by atoms with Crippen molar-refractivity contribution in [2.24, 2.45) is 23.7 Å². The summed E-state index contributed by atoms with van der Waals surface area (Å²) in [5, 5.41) is 29.6. The van der Waals surface area contributed by atoms with Crippen molar-refractivity contribution in [3.63, 3.8) is 0 Å². The molecule has 1 saturated heterocycles. The van der Waals surface area contributed by atoms with Gasteiger partial charge in [-0.15, -0.1) is 0 Å². The highest BCUT2D eigenvalue weighted by Crippen LogP contribution is 2.53. The number of amides is 2. The molecule has 0 spiro atoms. The lowest BCUT2D eigenvalue weighted by Gasteiger charge is -2.41. The van der Waals surface area contributed by atoms with Gasteiger partial charge in [-0.05, 0) is 67.1 Å². The SMILES string of the molecule is COc1cc(C=CC2C3=CCC4C(=O)N(c5cccc(B(O)O)c5)C(=O)C4C3CC3=C2C(=O)C(C)=CC3=O)cc(OC)c1O. The maximum atomic E-state index is 14.0. The molecule has 2 aromatic rings. The number of Topliss-reactive ketones (excluding diaryl/α,β-unsaturated/α-hetero) is 1. The predicted octanol–water partition coefficient (Wildman–Crippen LogP) is 2.27. The Morgan fingerprint density at radius 1 is 0.977 bits per heavy atom. The number of carbonyl (C=O) groups is 4. The number of hydrogen-bond acceptors (Lipinski definition) is 9. The molecule has 0 bridgehead atoms. The molecule has 3 aliphatic carbocycles. The number of aromatic hydroxyl groups is 1. The van der Waals surface area contributed by atoms with Gasteiger partial charge in [0, 0.05) is 22.6 Å². The Hall–Kier alpha value is -4.74. The number of nitrogens with zero attached hydrogens (tertiary/aromatic N) is 1. The molecule has 11 heteroatoms. The first-order chi connectivity index (χ1) is 21.0. The van der Waals surface area contributed by atoms with E-state index in [-0.39, 0.29) is 52.8 Å². The minimum absolute atomic E-state index is 0.143. The highest BCUT2D eigenvalue weighted by atomic mass is 16.5. The summed E-state index contributed by atoms with van der Waals surface area (Å²) in [4.78, 5) is 55.6. The number of carbonyl (C=O) groups excluding carboxylic acids is 4. The van der Waals surface area contributed by atoms with Crippen molar-refractivity contribution < 1.29 is 43.8 Å². The van der Waals surface area contributed by atoms with Crippen molar-refractivity contribution >= 4 is 47.7 Å². The van der Waals surface area contributed by atoms with E-state index >= 15 is 0 Å². The van der Waals surface area contributed by atoms with Crippen LogP contribution in [0.1, 0.15) is 25.3 Å². The molecule has 6 rings (SSSR count). The van der Waals surface area contributed by atoms with E-state index in [2.05, 4.69) is 0 Å². The van der Waals surface area contributed by atoms with Gasteiger partial charge in [-0.3, -0.25) is 24.1 Å². The number of ketones is 2. The monoisotopic (exact) mass is 595 g/mol. The van der Waals surface area contributed by atoms with Gasteiger partial charge in [-0.25, -0.2) is 0 Å². The van der Waals surface area contributed by atoms with Crippen LogP contribution in [0.2, 0.25) is 0 Å². The van der Waals surface area contributed by atoms with Crippen molar-refractivity contribution in [1.29, 1.82) is 0 Å². The number of phenols is 1. The van der Waals surface area contributed by atoms with Gasteiger partial charge in [-0.1, -0.05) is 35.9 Å². The zero-order chi connectivity index (χ0) is 31.4. The molecule has 2 amide bonds. The summed E-state index contributed by atoms with van der Waals surface area (Å²) in [6.07, 6.45) is 7.20. The van der Waals surface area contributed by atoms with E-state index in [1.165, 1.54) is 32.4 Å². The number of imide groups is 1. The zero-order valence-electron chi connectivity index (χ0n) is 24.3. The first-order valence-electron chi connectivity index (χ1n) is 14.2. The lowest BCUT2D eigenvalue weighted by atomic mass is 9.60. The third kappa shape index (κ3) is 4.60. The number of fused-ring (bicyclic) bond motifs is 3. The van der Waals surface area contributed by atoms with Gasteiger partial charge in [0.05, 0.1) is 31.7 Å². The molecule has 0 saturated carbocycles. The Morgan fingerprint density at radius 2 is 1.68 bits per heavy atom. The second-order valence-electron chi connectivity index (χ2n) is 11.4. The maximum Gasteiger partial charge on any atom is 0.488 e. The number of methoxy groups -OCH3 is 2. The Labute approximate surface area is 253 Å². The molecule has 3 N–H and O–H groups in total. The third-order valence-electron chi connectivity index (χ3n) is 9.02. The summed E-state index contributed by atoms with van der Waals surface area (Å²) in [6, 6.07) is 9.22. The Balaban J connectivity index is 1.43. The number of hydrogen-bond donors (Lipinski definition) is 3. The molecule has 10 nitrogen and oxygen atoms in total. The van der Waals surface area contributed by atoms with Gasteiger partial charge >= 0.3 is 7.12 Å². The Morgan fingerprint density at radius 3 is 2.34 bits per heavy atom. The molecule has 0 aromatic heterocycles. The van der Waals surface area contributed by atoms with Gasteiger partial charge in [0.1, 0.15) is 0 Å². The largest absolute Gasteiger partial charge is 0.502 e. The van der Waals surface area contributed by atoms with E-state index < -0.39 is 42.6 Å². The van der Waals surface area contributed by atoms with Crippen molar-refractivity contribution in [3.8, 4) is 17.2 Å². The van der Waals surface area contributed by atoms with E-state index in [4.69, 9.17) is 9.47 Å². The fourth-order valence-electron chi connectivity index (χ4n) is 6.93. The first kappa shape index (κ1) is 29.3. The minimum atomic E-state index is -1.77. The average Bonchev–Trinajstić information content (AvgIpc) is 3.27. The maximum absolute atomic E-state index is 14.0. The van der Waals surface area contributed by atoms with Crippen molar-refractivity contribution in [2.45, 2.75) is 19.8 Å². The normalized spacial score (nSPS) is 24.6. The second-order valence-corrected chi connectivity index (χ2v) is 11.4. The van der Waals surface area contributed by atoms with Crippen molar-refractivity contribution in [1.82, 2.24) is 0 Å². The summed E-state index contributed by atoms with van der Waals surface area (Å²) in [7, 11) is 1.07. The van der Waals surface area contributed by atoms with Crippen LogP contribution in [0.15, 0.2) is 76.9 Å². The summed E-state index contributed by atoms with van der Waals surface area (Å²) < 4.78 is 10.6. The van der Waals surface area contributed by atoms with Gasteiger partial charge in [0.15, 0.2) is 23.1 Å². The molecule has 44 heavy (non-hydrogen) atoms. The third-order valence-corrected chi connectivity index (χ3v) is 9.02. The summed E-state index contributed by atoms with van der Waals surface area (Å²) in [6.45, 7) is 1.60. The number of benzene rings is 2. The van der Waals surface area contributed by atoms with E-state index in [0.29, 0.717) is 22.3 Å². The van der Waals surface area contributed by atoms with Crippen LogP contribution in [-0.4, -0.2) is 59.9 Å². The number of anilines is 1.